The Morgan fingerprint density at radius 1 is 0.927 bits per heavy atom. The molecule has 8 heteroatoms. The summed E-state index contributed by atoms with van der Waals surface area (Å²) in [4.78, 5) is 31.3. The molecule has 1 aliphatic carbocycles. The summed E-state index contributed by atoms with van der Waals surface area (Å²) in [7, 11) is 3.27. The van der Waals surface area contributed by atoms with Gasteiger partial charge in [0.15, 0.2) is 11.5 Å². The van der Waals surface area contributed by atoms with Crippen LogP contribution in [0.1, 0.15) is 49.0 Å². The van der Waals surface area contributed by atoms with Crippen molar-refractivity contribution in [3.8, 4) is 11.5 Å². The van der Waals surface area contributed by atoms with E-state index in [1.165, 1.54) is 12.8 Å². The van der Waals surface area contributed by atoms with Crippen molar-refractivity contribution in [2.75, 3.05) is 60.2 Å². The summed E-state index contributed by atoms with van der Waals surface area (Å²) in [6.07, 6.45) is 3.59. The van der Waals surface area contributed by atoms with Crippen LogP contribution in [0.5, 0.6) is 11.5 Å². The highest BCUT2D eigenvalue weighted by molar-refractivity contribution is 5.95. The van der Waals surface area contributed by atoms with Gasteiger partial charge < -0.3 is 29.3 Å². The van der Waals surface area contributed by atoms with Gasteiger partial charge in [0.05, 0.1) is 20.1 Å². The molecule has 2 aromatic rings. The zero-order valence-corrected chi connectivity index (χ0v) is 25.1. The lowest BCUT2D eigenvalue weighted by Gasteiger charge is -2.34. The Labute approximate surface area is 245 Å². The first-order valence-corrected chi connectivity index (χ1v) is 15.0. The van der Waals surface area contributed by atoms with Crippen molar-refractivity contribution in [2.45, 2.75) is 45.6 Å². The standard InChI is InChI=1S/C33H47N3O5/c1-24(2)36(33(38)27-13-14-30(40-4)31(18-27)41-16-8-15-39-3)23-29-20-34-19-28(29)22-35(21-26-11-12-26)32(37)17-25-9-6-5-7-10-25/h5-7,9-10,13-14,18,24,26,28-29,34H,8,11-12,15-17,19-23H2,1-4H3/t28-,29+/m1/s1. The second-order valence-electron chi connectivity index (χ2n) is 11.7. The molecule has 2 fully saturated rings. The summed E-state index contributed by atoms with van der Waals surface area (Å²) in [6, 6.07) is 15.4. The van der Waals surface area contributed by atoms with Crippen LogP contribution >= 0.6 is 0 Å². The van der Waals surface area contributed by atoms with Gasteiger partial charge in [0.1, 0.15) is 0 Å². The maximum absolute atomic E-state index is 13.8. The van der Waals surface area contributed by atoms with E-state index in [-0.39, 0.29) is 29.7 Å². The molecule has 0 unspecified atom stereocenters. The zero-order valence-electron chi connectivity index (χ0n) is 25.1. The molecule has 2 amide bonds. The van der Waals surface area contributed by atoms with Crippen LogP contribution in [0, 0.1) is 17.8 Å². The minimum Gasteiger partial charge on any atom is -0.493 e. The molecule has 2 aromatic carbocycles. The third-order valence-electron chi connectivity index (χ3n) is 8.14. The first-order chi connectivity index (χ1) is 19.9. The van der Waals surface area contributed by atoms with E-state index in [2.05, 4.69) is 24.1 Å². The fraction of sp³-hybridized carbons (Fsp3) is 0.576. The molecule has 2 atom stereocenters. The van der Waals surface area contributed by atoms with Crippen LogP contribution in [0.15, 0.2) is 48.5 Å². The number of hydrogen-bond donors (Lipinski definition) is 1. The van der Waals surface area contributed by atoms with Crippen LogP contribution in [-0.4, -0.2) is 87.8 Å². The Bertz CT molecular complexity index is 1120. The molecule has 1 saturated heterocycles. The van der Waals surface area contributed by atoms with Crippen molar-refractivity contribution in [3.05, 3.63) is 59.7 Å². The molecule has 0 radical (unpaired) electrons. The van der Waals surface area contributed by atoms with Gasteiger partial charge in [0.2, 0.25) is 5.91 Å². The van der Waals surface area contributed by atoms with Gasteiger partial charge in [-0.3, -0.25) is 9.59 Å². The fourth-order valence-electron chi connectivity index (χ4n) is 5.52. The molecule has 41 heavy (non-hydrogen) atoms. The van der Waals surface area contributed by atoms with E-state index in [1.54, 1.807) is 26.4 Å². The van der Waals surface area contributed by atoms with Crippen molar-refractivity contribution >= 4 is 11.8 Å². The number of nitrogens with one attached hydrogen (secondary N) is 1. The van der Waals surface area contributed by atoms with E-state index < -0.39 is 0 Å². The topological polar surface area (TPSA) is 80.3 Å². The molecule has 1 saturated carbocycles. The summed E-state index contributed by atoms with van der Waals surface area (Å²) in [5.74, 6) is 2.51. The second kappa shape index (κ2) is 15.2. The minimum absolute atomic E-state index is 0.0231. The highest BCUT2D eigenvalue weighted by atomic mass is 16.5. The molecule has 1 heterocycles. The Kier molecular flexibility index (Phi) is 11.5. The number of ether oxygens (including phenoxy) is 3. The average Bonchev–Trinajstić information content (AvgIpc) is 3.69. The van der Waals surface area contributed by atoms with Crippen molar-refractivity contribution in [3.63, 3.8) is 0 Å². The van der Waals surface area contributed by atoms with Crippen LogP contribution in [0.4, 0.5) is 0 Å². The zero-order chi connectivity index (χ0) is 29.2. The Balaban J connectivity index is 1.43. The molecule has 8 nitrogen and oxygen atoms in total. The highest BCUT2D eigenvalue weighted by Crippen LogP contribution is 2.32. The van der Waals surface area contributed by atoms with Gasteiger partial charge in [-0.15, -0.1) is 0 Å². The van der Waals surface area contributed by atoms with Gasteiger partial charge in [0.25, 0.3) is 5.91 Å². The Morgan fingerprint density at radius 3 is 2.32 bits per heavy atom. The lowest BCUT2D eigenvalue weighted by Crippen LogP contribution is -2.45. The molecule has 0 bridgehead atoms. The molecule has 4 rings (SSSR count). The number of rotatable bonds is 16. The van der Waals surface area contributed by atoms with Crippen molar-refractivity contribution < 1.29 is 23.8 Å². The molecule has 0 aromatic heterocycles. The summed E-state index contributed by atoms with van der Waals surface area (Å²) in [6.45, 7) is 9.08. The quantitative estimate of drug-likeness (QED) is 0.306. The Hall–Kier alpha value is -3.10. The van der Waals surface area contributed by atoms with E-state index in [0.717, 1.165) is 38.2 Å². The SMILES string of the molecule is COCCCOc1cc(C(=O)N(C[C@@H]2CNC[C@@H]2CN(CC2CC2)C(=O)Cc2ccccc2)C(C)C)ccc1OC. The van der Waals surface area contributed by atoms with Gasteiger partial charge in [-0.05, 0) is 68.2 Å². The lowest BCUT2D eigenvalue weighted by molar-refractivity contribution is -0.131. The van der Waals surface area contributed by atoms with Crippen LogP contribution < -0.4 is 14.8 Å². The maximum Gasteiger partial charge on any atom is 0.254 e. The molecule has 1 aliphatic heterocycles. The Morgan fingerprint density at radius 2 is 1.66 bits per heavy atom. The molecular formula is C33H47N3O5. The van der Waals surface area contributed by atoms with Crippen molar-refractivity contribution in [1.82, 2.24) is 15.1 Å². The summed E-state index contributed by atoms with van der Waals surface area (Å²) in [5, 5.41) is 3.54. The van der Waals surface area contributed by atoms with Gasteiger partial charge in [-0.1, -0.05) is 30.3 Å². The summed E-state index contributed by atoms with van der Waals surface area (Å²) >= 11 is 0. The van der Waals surface area contributed by atoms with Gasteiger partial charge >= 0.3 is 0 Å². The van der Waals surface area contributed by atoms with E-state index in [1.807, 2.05) is 41.3 Å². The predicted molar refractivity (Wildman–Crippen MR) is 160 cm³/mol. The summed E-state index contributed by atoms with van der Waals surface area (Å²) < 4.78 is 16.5. The van der Waals surface area contributed by atoms with Crippen molar-refractivity contribution in [1.29, 1.82) is 0 Å². The number of carbonyl (C=O) groups is 2. The average molecular weight is 566 g/mol. The number of methoxy groups -OCH3 is 2. The molecule has 2 aliphatic rings. The summed E-state index contributed by atoms with van der Waals surface area (Å²) in [5.41, 5.74) is 1.63. The third kappa shape index (κ3) is 8.94. The molecule has 1 N–H and O–H groups in total. The van der Waals surface area contributed by atoms with Crippen LogP contribution in [0.2, 0.25) is 0 Å². The van der Waals surface area contributed by atoms with Crippen LogP contribution in [0.25, 0.3) is 0 Å². The van der Waals surface area contributed by atoms with E-state index in [0.29, 0.717) is 49.2 Å². The number of amides is 2. The lowest BCUT2D eigenvalue weighted by atomic mass is 9.93. The number of benzene rings is 2. The number of nitrogens with zero attached hydrogens (tertiary/aromatic N) is 2. The maximum atomic E-state index is 13.8. The second-order valence-corrected chi connectivity index (χ2v) is 11.7. The predicted octanol–water partition coefficient (Wildman–Crippen LogP) is 4.28. The normalized spacial score (nSPS) is 18.4. The van der Waals surface area contributed by atoms with E-state index in [4.69, 9.17) is 14.2 Å². The first-order valence-electron chi connectivity index (χ1n) is 15.0. The minimum atomic E-state index is -0.0231. The van der Waals surface area contributed by atoms with Gasteiger partial charge in [-0.2, -0.15) is 0 Å². The molecule has 224 valence electrons. The van der Waals surface area contributed by atoms with Crippen molar-refractivity contribution in [2.24, 2.45) is 17.8 Å². The third-order valence-corrected chi connectivity index (χ3v) is 8.14. The van der Waals surface area contributed by atoms with Crippen LogP contribution in [0.3, 0.4) is 0 Å². The van der Waals surface area contributed by atoms with E-state index in [9.17, 15) is 9.59 Å². The smallest absolute Gasteiger partial charge is 0.254 e. The number of carbonyl (C=O) groups excluding carboxylic acids is 2. The van der Waals surface area contributed by atoms with Crippen LogP contribution in [-0.2, 0) is 16.0 Å². The fourth-order valence-corrected chi connectivity index (χ4v) is 5.52. The molecule has 0 spiro atoms. The van der Waals surface area contributed by atoms with Gasteiger partial charge in [-0.25, -0.2) is 0 Å². The first kappa shape index (κ1) is 30.8. The van der Waals surface area contributed by atoms with Gasteiger partial charge in [0, 0.05) is 64.5 Å². The molecular weight excluding hydrogens is 518 g/mol. The largest absolute Gasteiger partial charge is 0.493 e. The number of hydrogen-bond acceptors (Lipinski definition) is 6. The monoisotopic (exact) mass is 565 g/mol. The van der Waals surface area contributed by atoms with E-state index >= 15 is 0 Å². The highest BCUT2D eigenvalue weighted by Gasteiger charge is 2.35.